The van der Waals surface area contributed by atoms with E-state index in [2.05, 4.69) is 0 Å². The molecule has 0 aliphatic heterocycles. The minimum Gasteiger partial charge on any atom is -0.369 e. The molecule has 2 nitrogen and oxygen atoms in total. The zero-order chi connectivity index (χ0) is 13.9. The van der Waals surface area contributed by atoms with Crippen molar-refractivity contribution in [1.82, 2.24) is 0 Å². The number of benzene rings is 1. The molecule has 2 atom stereocenters. The zero-order valence-electron chi connectivity index (χ0n) is 10.3. The highest BCUT2D eigenvalue weighted by Gasteiger charge is 2.31. The van der Waals surface area contributed by atoms with E-state index in [0.29, 0.717) is 12.0 Å². The molecule has 2 N–H and O–H groups in total. The highest BCUT2D eigenvalue weighted by atomic mass is 19.4. The van der Waals surface area contributed by atoms with Gasteiger partial charge in [-0.25, -0.2) is 0 Å². The van der Waals surface area contributed by atoms with Gasteiger partial charge in [0.2, 0.25) is 5.91 Å². The Morgan fingerprint density at radius 3 is 2.44 bits per heavy atom. The quantitative estimate of drug-likeness (QED) is 0.885. The molecular formula is C13H16F3NO. The summed E-state index contributed by atoms with van der Waals surface area (Å²) in [5, 5.41) is 0. The largest absolute Gasteiger partial charge is 0.416 e. The summed E-state index contributed by atoms with van der Waals surface area (Å²) in [6.45, 7) is 3.51. The third-order valence-electron chi connectivity index (χ3n) is 3.15. The van der Waals surface area contributed by atoms with Crippen LogP contribution in [0.5, 0.6) is 0 Å². The first-order chi connectivity index (χ1) is 8.27. The number of rotatable bonds is 4. The Labute approximate surface area is 104 Å². The Balaban J connectivity index is 3.06. The third kappa shape index (κ3) is 3.24. The van der Waals surface area contributed by atoms with Crippen molar-refractivity contribution >= 4 is 5.91 Å². The minimum absolute atomic E-state index is 0.324. The van der Waals surface area contributed by atoms with E-state index in [4.69, 9.17) is 5.73 Å². The van der Waals surface area contributed by atoms with Crippen LogP contribution in [0.25, 0.3) is 0 Å². The fourth-order valence-corrected chi connectivity index (χ4v) is 2.03. The minimum atomic E-state index is -4.37. The van der Waals surface area contributed by atoms with Crippen LogP contribution in [0.15, 0.2) is 24.3 Å². The average molecular weight is 259 g/mol. The molecule has 100 valence electrons. The Morgan fingerprint density at radius 2 is 2.00 bits per heavy atom. The van der Waals surface area contributed by atoms with E-state index in [1.54, 1.807) is 19.9 Å². The molecule has 1 aromatic rings. The first-order valence-corrected chi connectivity index (χ1v) is 5.73. The smallest absolute Gasteiger partial charge is 0.369 e. The molecule has 0 radical (unpaired) electrons. The number of alkyl halides is 3. The lowest BCUT2D eigenvalue weighted by Crippen LogP contribution is -2.27. The summed E-state index contributed by atoms with van der Waals surface area (Å²) < 4.78 is 37.7. The third-order valence-corrected chi connectivity index (χ3v) is 3.15. The second-order valence-corrected chi connectivity index (χ2v) is 4.33. The van der Waals surface area contributed by atoms with E-state index in [9.17, 15) is 18.0 Å². The summed E-state index contributed by atoms with van der Waals surface area (Å²) in [5.41, 5.74) is 5.03. The van der Waals surface area contributed by atoms with E-state index < -0.39 is 23.6 Å². The van der Waals surface area contributed by atoms with Crippen LogP contribution in [0.3, 0.4) is 0 Å². The van der Waals surface area contributed by atoms with Gasteiger partial charge >= 0.3 is 6.18 Å². The fourth-order valence-electron chi connectivity index (χ4n) is 2.03. The van der Waals surface area contributed by atoms with Crippen LogP contribution in [-0.4, -0.2) is 5.91 Å². The van der Waals surface area contributed by atoms with Gasteiger partial charge in [-0.2, -0.15) is 13.2 Å². The molecule has 1 amide bonds. The van der Waals surface area contributed by atoms with Gasteiger partial charge in [0.25, 0.3) is 0 Å². The molecule has 2 unspecified atom stereocenters. The molecule has 0 saturated carbocycles. The van der Waals surface area contributed by atoms with Crippen molar-refractivity contribution < 1.29 is 18.0 Å². The number of carbonyl (C=O) groups is 1. The van der Waals surface area contributed by atoms with Gasteiger partial charge in [-0.15, -0.1) is 0 Å². The standard InChI is InChI=1S/C13H16F3NO/c1-3-11(12(17)18)8(2)9-5-4-6-10(7-9)13(14,15)16/h4-8,11H,3H2,1-2H3,(H2,17,18). The van der Waals surface area contributed by atoms with Crippen LogP contribution in [0.4, 0.5) is 13.2 Å². The summed E-state index contributed by atoms with van der Waals surface area (Å²) in [6.07, 6.45) is -3.86. The number of halogens is 3. The molecule has 0 aliphatic rings. The van der Waals surface area contributed by atoms with Crippen LogP contribution >= 0.6 is 0 Å². The number of hydrogen-bond donors (Lipinski definition) is 1. The first kappa shape index (κ1) is 14.5. The van der Waals surface area contributed by atoms with Crippen LogP contribution in [0.1, 0.15) is 37.3 Å². The van der Waals surface area contributed by atoms with Crippen molar-refractivity contribution in [3.63, 3.8) is 0 Å². The van der Waals surface area contributed by atoms with Gasteiger partial charge in [-0.05, 0) is 24.0 Å². The number of nitrogens with two attached hydrogens (primary N) is 1. The topological polar surface area (TPSA) is 43.1 Å². The Morgan fingerprint density at radius 1 is 1.39 bits per heavy atom. The molecule has 0 heterocycles. The van der Waals surface area contributed by atoms with Crippen LogP contribution in [-0.2, 0) is 11.0 Å². The first-order valence-electron chi connectivity index (χ1n) is 5.73. The molecule has 0 fully saturated rings. The van der Waals surface area contributed by atoms with Gasteiger partial charge in [0.15, 0.2) is 0 Å². The molecule has 0 saturated heterocycles. The van der Waals surface area contributed by atoms with E-state index in [0.717, 1.165) is 12.1 Å². The molecular weight excluding hydrogens is 243 g/mol. The molecule has 5 heteroatoms. The number of carbonyl (C=O) groups excluding carboxylic acids is 1. The fraction of sp³-hybridized carbons (Fsp3) is 0.462. The van der Waals surface area contributed by atoms with Crippen molar-refractivity contribution in [1.29, 1.82) is 0 Å². The van der Waals surface area contributed by atoms with Gasteiger partial charge in [-0.3, -0.25) is 4.79 Å². The van der Waals surface area contributed by atoms with E-state index in [1.165, 1.54) is 6.07 Å². The molecule has 0 bridgehead atoms. The summed E-state index contributed by atoms with van der Waals surface area (Å²) in [6, 6.07) is 5.03. The van der Waals surface area contributed by atoms with Gasteiger partial charge in [-0.1, -0.05) is 32.0 Å². The Bertz CT molecular complexity index is 428. The van der Waals surface area contributed by atoms with Crippen molar-refractivity contribution in [2.45, 2.75) is 32.4 Å². The SMILES string of the molecule is CCC(C(N)=O)C(C)c1cccc(C(F)(F)F)c1. The van der Waals surface area contributed by atoms with Crippen molar-refractivity contribution in [3.05, 3.63) is 35.4 Å². The second kappa shape index (κ2) is 5.42. The van der Waals surface area contributed by atoms with E-state index in [-0.39, 0.29) is 5.92 Å². The zero-order valence-corrected chi connectivity index (χ0v) is 10.3. The lowest BCUT2D eigenvalue weighted by Gasteiger charge is -2.21. The lowest BCUT2D eigenvalue weighted by atomic mass is 9.85. The highest BCUT2D eigenvalue weighted by Crippen LogP contribution is 2.33. The van der Waals surface area contributed by atoms with Gasteiger partial charge < -0.3 is 5.73 Å². The predicted octanol–water partition coefficient (Wildman–Crippen LogP) is 3.32. The molecule has 18 heavy (non-hydrogen) atoms. The van der Waals surface area contributed by atoms with Crippen LogP contribution < -0.4 is 5.73 Å². The molecule has 1 rings (SSSR count). The molecule has 0 aromatic heterocycles. The number of hydrogen-bond acceptors (Lipinski definition) is 1. The maximum absolute atomic E-state index is 12.6. The van der Waals surface area contributed by atoms with Gasteiger partial charge in [0.1, 0.15) is 0 Å². The summed E-state index contributed by atoms with van der Waals surface area (Å²) >= 11 is 0. The Hall–Kier alpha value is -1.52. The summed E-state index contributed by atoms with van der Waals surface area (Å²) in [5.74, 6) is -1.26. The summed E-state index contributed by atoms with van der Waals surface area (Å²) in [4.78, 5) is 11.2. The van der Waals surface area contributed by atoms with Crippen molar-refractivity contribution in [2.75, 3.05) is 0 Å². The van der Waals surface area contributed by atoms with Crippen molar-refractivity contribution in [2.24, 2.45) is 11.7 Å². The molecule has 1 aromatic carbocycles. The molecule has 0 aliphatic carbocycles. The predicted molar refractivity (Wildman–Crippen MR) is 62.8 cm³/mol. The summed E-state index contributed by atoms with van der Waals surface area (Å²) in [7, 11) is 0. The van der Waals surface area contributed by atoms with Gasteiger partial charge in [0, 0.05) is 5.92 Å². The second-order valence-electron chi connectivity index (χ2n) is 4.33. The van der Waals surface area contributed by atoms with Crippen LogP contribution in [0, 0.1) is 5.92 Å². The lowest BCUT2D eigenvalue weighted by molar-refractivity contribution is -0.137. The van der Waals surface area contributed by atoms with Gasteiger partial charge in [0.05, 0.1) is 5.56 Å². The van der Waals surface area contributed by atoms with E-state index in [1.807, 2.05) is 0 Å². The monoisotopic (exact) mass is 259 g/mol. The molecule has 0 spiro atoms. The number of amides is 1. The maximum Gasteiger partial charge on any atom is 0.416 e. The Kier molecular flexibility index (Phi) is 4.38. The van der Waals surface area contributed by atoms with Crippen LogP contribution in [0.2, 0.25) is 0 Å². The highest BCUT2D eigenvalue weighted by molar-refractivity contribution is 5.77. The maximum atomic E-state index is 12.6. The van der Waals surface area contributed by atoms with E-state index >= 15 is 0 Å². The number of primary amides is 1. The average Bonchev–Trinajstić information content (AvgIpc) is 2.28. The normalized spacial score (nSPS) is 15.2. The van der Waals surface area contributed by atoms with Crippen molar-refractivity contribution in [3.8, 4) is 0 Å².